The molecule has 0 bridgehead atoms. The number of nitrogens with one attached hydrogen (secondary N) is 1. The van der Waals surface area contributed by atoms with Crippen molar-refractivity contribution in [2.75, 3.05) is 18.0 Å². The molecular formula is C25H22N6. The predicted octanol–water partition coefficient (Wildman–Crippen LogP) is 4.95. The lowest BCUT2D eigenvalue weighted by Crippen LogP contribution is -2.34. The molecule has 0 atom stereocenters. The van der Waals surface area contributed by atoms with Crippen LogP contribution in [0.5, 0.6) is 0 Å². The SMILES string of the molecule is c1ccc2cc(-c3cnnc(N4CCC(c5nc6ccccc6[nH]5)CC4)n3)ccc2c1. The van der Waals surface area contributed by atoms with Crippen LogP contribution in [0.25, 0.3) is 33.1 Å². The highest BCUT2D eigenvalue weighted by atomic mass is 15.3. The van der Waals surface area contributed by atoms with Crippen LogP contribution < -0.4 is 4.90 Å². The predicted molar refractivity (Wildman–Crippen MR) is 123 cm³/mol. The van der Waals surface area contributed by atoms with Gasteiger partial charge in [0.15, 0.2) is 0 Å². The Morgan fingerprint density at radius 1 is 0.839 bits per heavy atom. The fourth-order valence-corrected chi connectivity index (χ4v) is 4.43. The zero-order valence-electron chi connectivity index (χ0n) is 17.1. The summed E-state index contributed by atoms with van der Waals surface area (Å²) in [7, 11) is 0. The number of fused-ring (bicyclic) bond motifs is 2. The van der Waals surface area contributed by atoms with Crippen LogP contribution in [-0.4, -0.2) is 38.2 Å². The van der Waals surface area contributed by atoms with Crippen LogP contribution in [0, 0.1) is 0 Å². The second-order valence-electron chi connectivity index (χ2n) is 8.10. The number of hydrogen-bond donors (Lipinski definition) is 1. The van der Waals surface area contributed by atoms with Gasteiger partial charge in [0.05, 0.1) is 22.9 Å². The minimum absolute atomic E-state index is 0.431. The van der Waals surface area contributed by atoms with E-state index in [1.54, 1.807) is 6.20 Å². The van der Waals surface area contributed by atoms with Gasteiger partial charge in [0.1, 0.15) is 5.82 Å². The summed E-state index contributed by atoms with van der Waals surface area (Å²) in [6.45, 7) is 1.79. The Morgan fingerprint density at radius 3 is 2.52 bits per heavy atom. The fraction of sp³-hybridized carbons (Fsp3) is 0.200. The first kappa shape index (κ1) is 18.0. The quantitative estimate of drug-likeness (QED) is 0.459. The zero-order valence-corrected chi connectivity index (χ0v) is 17.1. The van der Waals surface area contributed by atoms with Gasteiger partial charge in [-0.15, -0.1) is 5.10 Å². The van der Waals surface area contributed by atoms with Crippen molar-refractivity contribution in [3.05, 3.63) is 78.8 Å². The molecule has 5 aromatic rings. The van der Waals surface area contributed by atoms with Gasteiger partial charge >= 0.3 is 0 Å². The maximum absolute atomic E-state index is 4.83. The average molecular weight is 406 g/mol. The van der Waals surface area contributed by atoms with Crippen molar-refractivity contribution >= 4 is 27.8 Å². The molecule has 3 aromatic carbocycles. The molecule has 0 spiro atoms. The fourth-order valence-electron chi connectivity index (χ4n) is 4.43. The molecule has 0 unspecified atom stereocenters. The summed E-state index contributed by atoms with van der Waals surface area (Å²) in [4.78, 5) is 15.4. The third-order valence-electron chi connectivity index (χ3n) is 6.17. The summed E-state index contributed by atoms with van der Waals surface area (Å²) in [5.41, 5.74) is 4.06. The monoisotopic (exact) mass is 406 g/mol. The van der Waals surface area contributed by atoms with E-state index in [0.717, 1.165) is 54.0 Å². The Labute approximate surface area is 180 Å². The van der Waals surface area contributed by atoms with Crippen LogP contribution in [-0.2, 0) is 0 Å². The second kappa shape index (κ2) is 7.47. The molecule has 0 radical (unpaired) electrons. The Kier molecular flexibility index (Phi) is 4.34. The maximum Gasteiger partial charge on any atom is 0.245 e. The Balaban J connectivity index is 1.21. The molecule has 0 aliphatic carbocycles. The van der Waals surface area contributed by atoms with Gasteiger partial charge in [-0.3, -0.25) is 0 Å². The van der Waals surface area contributed by atoms with Crippen molar-refractivity contribution in [3.8, 4) is 11.3 Å². The number of rotatable bonds is 3. The standard InChI is InChI=1S/C25H22N6/c1-2-6-19-15-20(10-9-17(19)5-1)23-16-26-30-25(29-23)31-13-11-18(12-14-31)24-27-21-7-3-4-8-22(21)28-24/h1-10,15-16,18H,11-14H2,(H,27,28). The van der Waals surface area contributed by atoms with Crippen LogP contribution in [0.3, 0.4) is 0 Å². The second-order valence-corrected chi connectivity index (χ2v) is 8.10. The van der Waals surface area contributed by atoms with Crippen LogP contribution in [0.15, 0.2) is 72.9 Å². The minimum Gasteiger partial charge on any atom is -0.342 e. The summed E-state index contributed by atoms with van der Waals surface area (Å²) < 4.78 is 0. The highest BCUT2D eigenvalue weighted by Gasteiger charge is 2.25. The molecule has 0 saturated carbocycles. The molecule has 1 aliphatic heterocycles. The first-order valence-corrected chi connectivity index (χ1v) is 10.7. The number of benzene rings is 3. The Hall–Kier alpha value is -3.80. The van der Waals surface area contributed by atoms with E-state index in [9.17, 15) is 0 Å². The topological polar surface area (TPSA) is 70.6 Å². The van der Waals surface area contributed by atoms with Gasteiger partial charge < -0.3 is 9.88 Å². The molecule has 3 heterocycles. The van der Waals surface area contributed by atoms with E-state index in [2.05, 4.69) is 74.7 Å². The van der Waals surface area contributed by atoms with E-state index >= 15 is 0 Å². The molecule has 1 N–H and O–H groups in total. The Morgan fingerprint density at radius 2 is 1.65 bits per heavy atom. The summed E-state index contributed by atoms with van der Waals surface area (Å²) in [6, 6.07) is 23.0. The molecule has 0 amide bonds. The van der Waals surface area contributed by atoms with Crippen molar-refractivity contribution in [3.63, 3.8) is 0 Å². The lowest BCUT2D eigenvalue weighted by molar-refractivity contribution is 0.483. The first-order valence-electron chi connectivity index (χ1n) is 10.7. The number of imidazole rings is 1. The minimum atomic E-state index is 0.431. The van der Waals surface area contributed by atoms with Crippen LogP contribution >= 0.6 is 0 Å². The van der Waals surface area contributed by atoms with Gasteiger partial charge in [0.25, 0.3) is 0 Å². The number of aromatic nitrogens is 5. The summed E-state index contributed by atoms with van der Waals surface area (Å²) in [5.74, 6) is 2.22. The summed E-state index contributed by atoms with van der Waals surface area (Å²) in [5, 5.41) is 11.0. The van der Waals surface area contributed by atoms with Gasteiger partial charge in [-0.25, -0.2) is 9.97 Å². The summed E-state index contributed by atoms with van der Waals surface area (Å²) in [6.07, 6.45) is 3.78. The van der Waals surface area contributed by atoms with Crippen LogP contribution in [0.2, 0.25) is 0 Å². The molecular weight excluding hydrogens is 384 g/mol. The first-order chi connectivity index (χ1) is 15.3. The van der Waals surface area contributed by atoms with Crippen LogP contribution in [0.4, 0.5) is 5.95 Å². The highest BCUT2D eigenvalue weighted by Crippen LogP contribution is 2.30. The van der Waals surface area contributed by atoms with Crippen molar-refractivity contribution < 1.29 is 0 Å². The molecule has 1 fully saturated rings. The zero-order chi connectivity index (χ0) is 20.6. The third-order valence-corrected chi connectivity index (χ3v) is 6.17. The van der Waals surface area contributed by atoms with E-state index in [1.165, 1.54) is 10.8 Å². The Bertz CT molecular complexity index is 1330. The molecule has 1 aliphatic rings. The lowest BCUT2D eigenvalue weighted by atomic mass is 9.96. The number of para-hydroxylation sites is 2. The normalized spacial score (nSPS) is 15.0. The van der Waals surface area contributed by atoms with Gasteiger partial charge in [-0.1, -0.05) is 48.5 Å². The number of aromatic amines is 1. The lowest BCUT2D eigenvalue weighted by Gasteiger charge is -2.30. The molecule has 6 rings (SSSR count). The molecule has 31 heavy (non-hydrogen) atoms. The van der Waals surface area contributed by atoms with Crippen molar-refractivity contribution in [1.29, 1.82) is 0 Å². The number of anilines is 1. The van der Waals surface area contributed by atoms with Crippen molar-refractivity contribution in [2.24, 2.45) is 0 Å². The van der Waals surface area contributed by atoms with Gasteiger partial charge in [0, 0.05) is 24.6 Å². The largest absolute Gasteiger partial charge is 0.342 e. The number of piperidine rings is 1. The molecule has 6 heteroatoms. The smallest absolute Gasteiger partial charge is 0.245 e. The summed E-state index contributed by atoms with van der Waals surface area (Å²) >= 11 is 0. The van der Waals surface area contributed by atoms with E-state index in [1.807, 2.05) is 12.1 Å². The van der Waals surface area contributed by atoms with Crippen molar-refractivity contribution in [2.45, 2.75) is 18.8 Å². The van der Waals surface area contributed by atoms with Gasteiger partial charge in [-0.2, -0.15) is 5.10 Å². The van der Waals surface area contributed by atoms with Crippen LogP contribution in [0.1, 0.15) is 24.6 Å². The average Bonchev–Trinajstić information content (AvgIpc) is 3.28. The van der Waals surface area contributed by atoms with Gasteiger partial charge in [0.2, 0.25) is 5.95 Å². The third kappa shape index (κ3) is 3.40. The van der Waals surface area contributed by atoms with E-state index in [4.69, 9.17) is 9.97 Å². The van der Waals surface area contributed by atoms with Crippen molar-refractivity contribution in [1.82, 2.24) is 25.1 Å². The van der Waals surface area contributed by atoms with E-state index in [0.29, 0.717) is 11.9 Å². The molecule has 152 valence electrons. The number of hydrogen-bond acceptors (Lipinski definition) is 5. The van der Waals surface area contributed by atoms with E-state index in [-0.39, 0.29) is 0 Å². The number of H-pyrrole nitrogens is 1. The molecule has 6 nitrogen and oxygen atoms in total. The molecule has 1 saturated heterocycles. The van der Waals surface area contributed by atoms with Gasteiger partial charge in [-0.05, 0) is 41.8 Å². The maximum atomic E-state index is 4.83. The highest BCUT2D eigenvalue weighted by molar-refractivity contribution is 5.86. The number of nitrogens with zero attached hydrogens (tertiary/aromatic N) is 5. The molecule has 2 aromatic heterocycles. The van der Waals surface area contributed by atoms with E-state index < -0.39 is 0 Å².